The normalized spacial score (nSPS) is 11.5. The zero-order valence-corrected chi connectivity index (χ0v) is 12.6. The summed E-state index contributed by atoms with van der Waals surface area (Å²) in [4.78, 5) is 12.1. The van der Waals surface area contributed by atoms with Crippen LogP contribution in [-0.2, 0) is 0 Å². The second-order valence-electron chi connectivity index (χ2n) is 4.63. The maximum Gasteiger partial charge on any atom is 0.272 e. The van der Waals surface area contributed by atoms with Crippen LogP contribution in [0.3, 0.4) is 0 Å². The molecule has 0 saturated carbocycles. The number of amides is 1. The number of fused-ring (bicyclic) bond motifs is 1. The number of nitrogens with zero attached hydrogens (tertiary/aromatic N) is 1. The molecule has 0 bridgehead atoms. The number of carbonyl (C=O) groups excluding carboxylic acids is 1. The van der Waals surface area contributed by atoms with Crippen molar-refractivity contribution in [2.24, 2.45) is 5.10 Å². The predicted octanol–water partition coefficient (Wildman–Crippen LogP) is 4.33. The van der Waals surface area contributed by atoms with Crippen molar-refractivity contribution in [3.05, 3.63) is 77.2 Å². The number of benzene rings is 2. The lowest BCUT2D eigenvalue weighted by Crippen LogP contribution is -2.16. The lowest BCUT2D eigenvalue weighted by molar-refractivity contribution is 0.0957. The minimum absolute atomic E-state index is 0.193. The molecule has 108 valence electrons. The zero-order chi connectivity index (χ0) is 15.2. The van der Waals surface area contributed by atoms with Gasteiger partial charge in [-0.2, -0.15) is 5.10 Å². The molecule has 0 spiro atoms. The minimum Gasteiger partial charge on any atom is -0.267 e. The number of hydrogen-bond acceptors (Lipinski definition) is 3. The van der Waals surface area contributed by atoms with E-state index in [4.69, 9.17) is 0 Å². The molecule has 1 heterocycles. The number of nitrogens with one attached hydrogen (secondary N) is 1. The number of allylic oxidation sites excluding steroid dienone is 1. The van der Waals surface area contributed by atoms with Gasteiger partial charge in [-0.1, -0.05) is 54.6 Å². The Hall–Kier alpha value is -2.72. The van der Waals surface area contributed by atoms with E-state index < -0.39 is 0 Å². The summed E-state index contributed by atoms with van der Waals surface area (Å²) in [5.74, 6) is -0.193. The van der Waals surface area contributed by atoms with Crippen LogP contribution in [0.5, 0.6) is 0 Å². The van der Waals surface area contributed by atoms with Crippen molar-refractivity contribution in [2.45, 2.75) is 0 Å². The van der Waals surface area contributed by atoms with Gasteiger partial charge in [0.05, 0.1) is 5.56 Å². The lowest BCUT2D eigenvalue weighted by Gasteiger charge is -1.97. The van der Waals surface area contributed by atoms with E-state index in [-0.39, 0.29) is 5.91 Å². The number of hydrogen-bond donors (Lipinski definition) is 1. The fourth-order valence-corrected chi connectivity index (χ4v) is 3.01. The Balaban J connectivity index is 1.63. The van der Waals surface area contributed by atoms with Crippen LogP contribution in [-0.4, -0.2) is 12.1 Å². The smallest absolute Gasteiger partial charge is 0.267 e. The molecule has 2 aromatic carbocycles. The molecule has 22 heavy (non-hydrogen) atoms. The molecule has 0 unspecified atom stereocenters. The largest absolute Gasteiger partial charge is 0.272 e. The third kappa shape index (κ3) is 3.30. The molecule has 0 fully saturated rings. The van der Waals surface area contributed by atoms with Crippen molar-refractivity contribution in [1.29, 1.82) is 0 Å². The maximum absolute atomic E-state index is 12.1. The summed E-state index contributed by atoms with van der Waals surface area (Å²) in [6.07, 6.45) is 5.29. The van der Waals surface area contributed by atoms with Crippen LogP contribution in [0.1, 0.15) is 15.9 Å². The Morgan fingerprint density at radius 1 is 1.05 bits per heavy atom. The Morgan fingerprint density at radius 2 is 1.82 bits per heavy atom. The highest BCUT2D eigenvalue weighted by Crippen LogP contribution is 2.25. The van der Waals surface area contributed by atoms with Gasteiger partial charge in [0, 0.05) is 21.7 Å². The van der Waals surface area contributed by atoms with Crippen molar-refractivity contribution in [2.75, 3.05) is 0 Å². The summed E-state index contributed by atoms with van der Waals surface area (Å²) in [7, 11) is 0. The Labute approximate surface area is 132 Å². The first-order valence-electron chi connectivity index (χ1n) is 6.86. The van der Waals surface area contributed by atoms with E-state index in [9.17, 15) is 4.79 Å². The van der Waals surface area contributed by atoms with Crippen molar-refractivity contribution < 1.29 is 4.79 Å². The van der Waals surface area contributed by atoms with Gasteiger partial charge in [-0.05, 0) is 17.7 Å². The van der Waals surface area contributed by atoms with Crippen LogP contribution in [0, 0.1) is 0 Å². The Bertz CT molecular complexity index is 834. The molecule has 3 rings (SSSR count). The molecule has 3 nitrogen and oxygen atoms in total. The van der Waals surface area contributed by atoms with E-state index in [1.54, 1.807) is 23.6 Å². The van der Waals surface area contributed by atoms with Crippen LogP contribution in [0.15, 0.2) is 71.2 Å². The molecule has 4 heteroatoms. The lowest BCUT2D eigenvalue weighted by atomic mass is 10.2. The van der Waals surface area contributed by atoms with Crippen LogP contribution in [0.25, 0.3) is 16.2 Å². The van der Waals surface area contributed by atoms with Gasteiger partial charge in [-0.3, -0.25) is 4.79 Å². The zero-order valence-electron chi connectivity index (χ0n) is 11.8. The number of rotatable bonds is 4. The van der Waals surface area contributed by atoms with Crippen LogP contribution in [0.2, 0.25) is 0 Å². The standard InChI is InChI=1S/C18H14N2OS/c21-18(16-13-22-17-11-5-4-10-15(16)17)20-19-12-6-9-14-7-2-1-3-8-14/h1-13H,(H,20,21)/b9-6+,19-12?. The highest BCUT2D eigenvalue weighted by Gasteiger charge is 2.10. The molecule has 1 amide bonds. The van der Waals surface area contributed by atoms with Gasteiger partial charge < -0.3 is 0 Å². The SMILES string of the molecule is O=C(NN=C/C=C/c1ccccc1)c1csc2ccccc12. The van der Waals surface area contributed by atoms with Gasteiger partial charge in [0.1, 0.15) is 0 Å². The van der Waals surface area contributed by atoms with E-state index in [1.165, 1.54) is 0 Å². The first-order valence-corrected chi connectivity index (χ1v) is 7.74. The fraction of sp³-hybridized carbons (Fsp3) is 0. The molecule has 3 aromatic rings. The van der Waals surface area contributed by atoms with Crippen molar-refractivity contribution in [3.8, 4) is 0 Å². The van der Waals surface area contributed by atoms with Gasteiger partial charge >= 0.3 is 0 Å². The van der Waals surface area contributed by atoms with Crippen LogP contribution >= 0.6 is 11.3 Å². The molecule has 0 saturated heterocycles. The third-order valence-electron chi connectivity index (χ3n) is 3.14. The average Bonchev–Trinajstić information content (AvgIpc) is 2.99. The fourth-order valence-electron chi connectivity index (χ4n) is 2.07. The van der Waals surface area contributed by atoms with Crippen molar-refractivity contribution >= 4 is 39.6 Å². The summed E-state index contributed by atoms with van der Waals surface area (Å²) in [5.41, 5.74) is 4.29. The summed E-state index contributed by atoms with van der Waals surface area (Å²) in [6.45, 7) is 0. The number of thiophene rings is 1. The second-order valence-corrected chi connectivity index (χ2v) is 5.55. The van der Waals surface area contributed by atoms with Gasteiger partial charge in [-0.15, -0.1) is 11.3 Å². The quantitative estimate of drug-likeness (QED) is 0.565. The van der Waals surface area contributed by atoms with E-state index >= 15 is 0 Å². The molecule has 0 atom stereocenters. The highest BCUT2D eigenvalue weighted by molar-refractivity contribution is 7.17. The van der Waals surface area contributed by atoms with Crippen LogP contribution < -0.4 is 5.43 Å². The molecule has 0 aliphatic rings. The van der Waals surface area contributed by atoms with Crippen LogP contribution in [0.4, 0.5) is 0 Å². The van der Waals surface area contributed by atoms with E-state index in [0.717, 1.165) is 15.6 Å². The minimum atomic E-state index is -0.193. The molecule has 0 radical (unpaired) electrons. The maximum atomic E-state index is 12.1. The predicted molar refractivity (Wildman–Crippen MR) is 93.3 cm³/mol. The van der Waals surface area contributed by atoms with Crippen molar-refractivity contribution in [3.63, 3.8) is 0 Å². The Kier molecular flexibility index (Phi) is 4.41. The van der Waals surface area contributed by atoms with Crippen molar-refractivity contribution in [1.82, 2.24) is 5.43 Å². The Morgan fingerprint density at radius 3 is 2.68 bits per heavy atom. The van der Waals surface area contributed by atoms with Gasteiger partial charge in [0.25, 0.3) is 5.91 Å². The number of carbonyl (C=O) groups is 1. The third-order valence-corrected chi connectivity index (χ3v) is 4.10. The van der Waals surface area contributed by atoms with Gasteiger partial charge in [-0.25, -0.2) is 5.43 Å². The summed E-state index contributed by atoms with van der Waals surface area (Å²) < 4.78 is 1.10. The highest BCUT2D eigenvalue weighted by atomic mass is 32.1. The first kappa shape index (κ1) is 14.2. The van der Waals surface area contributed by atoms with E-state index in [0.29, 0.717) is 5.56 Å². The topological polar surface area (TPSA) is 41.5 Å². The molecule has 1 aromatic heterocycles. The molecular formula is C18H14N2OS. The summed E-state index contributed by atoms with van der Waals surface area (Å²) in [6, 6.07) is 17.8. The summed E-state index contributed by atoms with van der Waals surface area (Å²) in [5, 5.41) is 6.76. The average molecular weight is 306 g/mol. The molecule has 1 N–H and O–H groups in total. The van der Waals surface area contributed by atoms with E-state index in [2.05, 4.69) is 10.5 Å². The monoisotopic (exact) mass is 306 g/mol. The molecule has 0 aliphatic carbocycles. The van der Waals surface area contributed by atoms with E-state index in [1.807, 2.05) is 66.1 Å². The van der Waals surface area contributed by atoms with Gasteiger partial charge in [0.2, 0.25) is 0 Å². The molecular weight excluding hydrogens is 292 g/mol. The number of hydrazone groups is 1. The summed E-state index contributed by atoms with van der Waals surface area (Å²) >= 11 is 1.56. The molecule has 0 aliphatic heterocycles. The van der Waals surface area contributed by atoms with Gasteiger partial charge in [0.15, 0.2) is 0 Å². The first-order chi connectivity index (χ1) is 10.8. The second kappa shape index (κ2) is 6.83.